The van der Waals surface area contributed by atoms with E-state index in [0.717, 1.165) is 38.0 Å². The highest BCUT2D eigenvalue weighted by Gasteiger charge is 2.58. The van der Waals surface area contributed by atoms with Crippen LogP contribution in [-0.2, 0) is 4.79 Å². The zero-order valence-corrected chi connectivity index (χ0v) is 18.2. The van der Waals surface area contributed by atoms with Gasteiger partial charge in [0.2, 0.25) is 0 Å². The molecule has 0 heterocycles. The van der Waals surface area contributed by atoms with Crippen molar-refractivity contribution in [2.75, 3.05) is 0 Å². The molecule has 0 bridgehead atoms. The molecule has 3 fully saturated rings. The van der Waals surface area contributed by atoms with E-state index in [1.807, 2.05) is 0 Å². The van der Waals surface area contributed by atoms with Crippen molar-refractivity contribution in [3.8, 4) is 0 Å². The summed E-state index contributed by atoms with van der Waals surface area (Å²) in [6.45, 7) is 4.62. The summed E-state index contributed by atoms with van der Waals surface area (Å²) >= 11 is 0. The molecule has 3 saturated carbocycles. The molecule has 0 aliphatic heterocycles. The van der Waals surface area contributed by atoms with Gasteiger partial charge in [0.1, 0.15) is 0 Å². The quantitative estimate of drug-likeness (QED) is 0.493. The summed E-state index contributed by atoms with van der Waals surface area (Å²) < 4.78 is 0. The van der Waals surface area contributed by atoms with Crippen LogP contribution in [0.25, 0.3) is 0 Å². The summed E-state index contributed by atoms with van der Waals surface area (Å²) in [6.07, 6.45) is 22.6. The third-order valence-corrected chi connectivity index (χ3v) is 9.51. The van der Waals surface area contributed by atoms with E-state index in [2.05, 4.69) is 13.8 Å². The van der Waals surface area contributed by atoms with E-state index in [1.165, 1.54) is 83.5 Å². The predicted molar refractivity (Wildman–Crippen MR) is 113 cm³/mol. The van der Waals surface area contributed by atoms with Gasteiger partial charge in [-0.1, -0.05) is 65.2 Å². The van der Waals surface area contributed by atoms with Crippen molar-refractivity contribution >= 4 is 5.97 Å². The second-order valence-electron chi connectivity index (χ2n) is 10.4. The Bertz CT molecular complexity index is 475. The molecule has 2 heteroatoms. The molecule has 27 heavy (non-hydrogen) atoms. The van der Waals surface area contributed by atoms with Crippen molar-refractivity contribution in [1.82, 2.24) is 0 Å². The molecule has 0 unspecified atom stereocenters. The minimum absolute atomic E-state index is 0.0592. The van der Waals surface area contributed by atoms with E-state index >= 15 is 0 Å². The Hall–Kier alpha value is -0.530. The highest BCUT2D eigenvalue weighted by atomic mass is 16.4. The molecule has 0 aromatic rings. The van der Waals surface area contributed by atoms with Crippen LogP contribution < -0.4 is 0 Å². The molecule has 3 aliphatic carbocycles. The van der Waals surface area contributed by atoms with Gasteiger partial charge >= 0.3 is 5.97 Å². The van der Waals surface area contributed by atoms with E-state index in [1.54, 1.807) is 0 Å². The van der Waals surface area contributed by atoms with E-state index in [9.17, 15) is 9.90 Å². The Morgan fingerprint density at radius 1 is 0.852 bits per heavy atom. The van der Waals surface area contributed by atoms with Crippen molar-refractivity contribution < 1.29 is 9.90 Å². The molecule has 0 saturated heterocycles. The number of carboxylic acids is 1. The first-order valence-electron chi connectivity index (χ1n) is 12.3. The number of aliphatic carboxylic acids is 1. The number of hydrogen-bond donors (Lipinski definition) is 1. The van der Waals surface area contributed by atoms with Gasteiger partial charge in [-0.2, -0.15) is 0 Å². The highest BCUT2D eigenvalue weighted by molar-refractivity contribution is 5.76. The van der Waals surface area contributed by atoms with E-state index in [0.29, 0.717) is 5.41 Å². The first-order chi connectivity index (χ1) is 13.0. The van der Waals surface area contributed by atoms with Gasteiger partial charge in [0.05, 0.1) is 5.41 Å². The zero-order valence-electron chi connectivity index (χ0n) is 18.2. The number of rotatable bonds is 7. The smallest absolute Gasteiger partial charge is 0.310 e. The minimum Gasteiger partial charge on any atom is -0.481 e. The standard InChI is InChI=1S/C25H44O2/c1-3-5-14-23(21-12-8-6-9-13-21)17-19-24(4-2,20-18-23)25(22(26)27)15-10-7-11-16-25/h21H,3-20H2,1-2H3,(H,26,27). The summed E-state index contributed by atoms with van der Waals surface area (Å²) in [4.78, 5) is 12.6. The summed E-state index contributed by atoms with van der Waals surface area (Å²) in [7, 11) is 0. The van der Waals surface area contributed by atoms with Gasteiger partial charge in [-0.25, -0.2) is 0 Å². The monoisotopic (exact) mass is 376 g/mol. The molecule has 0 atom stereocenters. The summed E-state index contributed by atoms with van der Waals surface area (Å²) in [5.74, 6) is 0.447. The van der Waals surface area contributed by atoms with Gasteiger partial charge in [0, 0.05) is 0 Å². The lowest BCUT2D eigenvalue weighted by Gasteiger charge is -2.57. The van der Waals surface area contributed by atoms with Crippen LogP contribution in [0.1, 0.15) is 129 Å². The maximum Gasteiger partial charge on any atom is 0.310 e. The maximum absolute atomic E-state index is 12.6. The van der Waals surface area contributed by atoms with Crippen LogP contribution in [0.2, 0.25) is 0 Å². The van der Waals surface area contributed by atoms with Crippen LogP contribution >= 0.6 is 0 Å². The van der Waals surface area contributed by atoms with Gasteiger partial charge < -0.3 is 5.11 Å². The fourth-order valence-corrected chi connectivity index (χ4v) is 7.63. The third kappa shape index (κ3) is 3.84. The normalized spacial score (nSPS) is 35.0. The van der Waals surface area contributed by atoms with E-state index in [4.69, 9.17) is 0 Å². The van der Waals surface area contributed by atoms with Gasteiger partial charge in [-0.15, -0.1) is 0 Å². The Balaban J connectivity index is 1.82. The Morgan fingerprint density at radius 2 is 1.44 bits per heavy atom. The lowest BCUT2D eigenvalue weighted by atomic mass is 9.46. The fourth-order valence-electron chi connectivity index (χ4n) is 7.63. The third-order valence-electron chi connectivity index (χ3n) is 9.51. The summed E-state index contributed by atoms with van der Waals surface area (Å²) in [6, 6.07) is 0. The van der Waals surface area contributed by atoms with Crippen molar-refractivity contribution in [2.24, 2.45) is 22.2 Å². The summed E-state index contributed by atoms with van der Waals surface area (Å²) in [5, 5.41) is 10.4. The van der Waals surface area contributed by atoms with Crippen LogP contribution in [0.15, 0.2) is 0 Å². The van der Waals surface area contributed by atoms with Crippen LogP contribution in [-0.4, -0.2) is 11.1 Å². The molecule has 0 aromatic carbocycles. The molecule has 3 rings (SSSR count). The second kappa shape index (κ2) is 8.87. The number of carbonyl (C=O) groups is 1. The van der Waals surface area contributed by atoms with Gasteiger partial charge in [-0.05, 0) is 81.0 Å². The van der Waals surface area contributed by atoms with E-state index in [-0.39, 0.29) is 5.41 Å². The lowest BCUT2D eigenvalue weighted by molar-refractivity contribution is -0.170. The number of carboxylic acid groups (broad SMARTS) is 1. The molecule has 1 N–H and O–H groups in total. The molecule has 156 valence electrons. The Kier molecular flexibility index (Phi) is 6.96. The highest BCUT2D eigenvalue weighted by Crippen LogP contribution is 2.64. The van der Waals surface area contributed by atoms with Gasteiger partial charge in [-0.3, -0.25) is 4.79 Å². The molecule has 3 aliphatic rings. The minimum atomic E-state index is -0.470. The second-order valence-corrected chi connectivity index (χ2v) is 10.4. The average Bonchev–Trinajstić information content (AvgIpc) is 2.73. The summed E-state index contributed by atoms with van der Waals surface area (Å²) in [5.41, 5.74) is 0.163. The first kappa shape index (κ1) is 21.2. The van der Waals surface area contributed by atoms with Crippen LogP contribution in [0.3, 0.4) is 0 Å². The van der Waals surface area contributed by atoms with Crippen molar-refractivity contribution in [2.45, 2.75) is 129 Å². The van der Waals surface area contributed by atoms with E-state index < -0.39 is 11.4 Å². The van der Waals surface area contributed by atoms with Crippen LogP contribution in [0, 0.1) is 22.2 Å². The fraction of sp³-hybridized carbons (Fsp3) is 0.960. The molecule has 0 spiro atoms. The van der Waals surface area contributed by atoms with Gasteiger partial charge in [0.15, 0.2) is 0 Å². The molecule has 0 radical (unpaired) electrons. The Labute approximate surface area is 167 Å². The SMILES string of the molecule is CCCCC1(C2CCCCC2)CCC(CC)(C2(C(=O)O)CCCCC2)CC1. The van der Waals surface area contributed by atoms with Crippen molar-refractivity contribution in [3.05, 3.63) is 0 Å². The largest absolute Gasteiger partial charge is 0.481 e. The van der Waals surface area contributed by atoms with Crippen molar-refractivity contribution in [3.63, 3.8) is 0 Å². The molecule has 0 amide bonds. The maximum atomic E-state index is 12.6. The molecular formula is C25H44O2. The van der Waals surface area contributed by atoms with Crippen molar-refractivity contribution in [1.29, 1.82) is 0 Å². The molecule has 0 aromatic heterocycles. The Morgan fingerprint density at radius 3 is 1.96 bits per heavy atom. The van der Waals surface area contributed by atoms with Gasteiger partial charge in [0.25, 0.3) is 0 Å². The molecule has 2 nitrogen and oxygen atoms in total. The first-order valence-corrected chi connectivity index (χ1v) is 12.3. The topological polar surface area (TPSA) is 37.3 Å². The number of hydrogen-bond acceptors (Lipinski definition) is 1. The number of unbranched alkanes of at least 4 members (excludes halogenated alkanes) is 1. The lowest BCUT2D eigenvalue weighted by Crippen LogP contribution is -2.52. The van der Waals surface area contributed by atoms with Crippen LogP contribution in [0.5, 0.6) is 0 Å². The zero-order chi connectivity index (χ0) is 19.4. The molecular weight excluding hydrogens is 332 g/mol. The predicted octanol–water partition coefficient (Wildman–Crippen LogP) is 7.75. The average molecular weight is 377 g/mol. The van der Waals surface area contributed by atoms with Crippen LogP contribution in [0.4, 0.5) is 0 Å².